The second-order valence-corrected chi connectivity index (χ2v) is 16.3. The number of hydrogen-bond donors (Lipinski definition) is 0. The Morgan fingerprint density at radius 1 is 1.06 bits per heavy atom. The first kappa shape index (κ1) is 26.9. The molecule has 3 unspecified atom stereocenters. The summed E-state index contributed by atoms with van der Waals surface area (Å²) in [7, 11) is -2.12. The second kappa shape index (κ2) is 11.5. The quantitative estimate of drug-likeness (QED) is 0.259. The fourth-order valence-corrected chi connectivity index (χ4v) is 12.3. The number of benzene rings is 1. The molecule has 0 amide bonds. The molecule has 0 heterocycles. The first-order valence-corrected chi connectivity index (χ1v) is 16.4. The molecular formula is C35H47P. The number of allylic oxidation sites excluding steroid dienone is 14. The third kappa shape index (κ3) is 5.70. The van der Waals surface area contributed by atoms with Gasteiger partial charge in [0.25, 0.3) is 0 Å². The first-order chi connectivity index (χ1) is 17.2. The molecule has 0 bridgehead atoms. The van der Waals surface area contributed by atoms with Gasteiger partial charge >= 0.3 is 222 Å². The predicted octanol–water partition coefficient (Wildman–Crippen LogP) is 9.70. The Hall–Kier alpha value is -2.17. The van der Waals surface area contributed by atoms with Crippen molar-refractivity contribution in [2.45, 2.75) is 72.9 Å². The summed E-state index contributed by atoms with van der Waals surface area (Å²) in [6.07, 6.45) is 30.5. The van der Waals surface area contributed by atoms with Crippen LogP contribution in [0.1, 0.15) is 67.2 Å². The van der Waals surface area contributed by atoms with Crippen LogP contribution in [-0.4, -0.2) is 11.8 Å². The Morgan fingerprint density at radius 3 is 2.47 bits per heavy atom. The van der Waals surface area contributed by atoms with Crippen molar-refractivity contribution >= 4 is 12.6 Å². The Kier molecular flexibility index (Phi) is 8.57. The molecule has 0 aromatic heterocycles. The van der Waals surface area contributed by atoms with Gasteiger partial charge in [0.2, 0.25) is 0 Å². The van der Waals surface area contributed by atoms with E-state index < -0.39 is 7.26 Å². The zero-order valence-electron chi connectivity index (χ0n) is 23.4. The van der Waals surface area contributed by atoms with Crippen LogP contribution >= 0.6 is 7.26 Å². The van der Waals surface area contributed by atoms with E-state index in [4.69, 9.17) is 0 Å². The molecule has 3 aliphatic carbocycles. The Bertz CT molecular complexity index is 1130. The van der Waals surface area contributed by atoms with Crippen LogP contribution in [0.4, 0.5) is 0 Å². The van der Waals surface area contributed by atoms with E-state index in [2.05, 4.69) is 133 Å². The van der Waals surface area contributed by atoms with Crippen molar-refractivity contribution in [1.82, 2.24) is 0 Å². The van der Waals surface area contributed by atoms with Gasteiger partial charge in [-0.15, -0.1) is 0 Å². The maximum absolute atomic E-state index is 2.58. The van der Waals surface area contributed by atoms with E-state index in [-0.39, 0.29) is 5.41 Å². The van der Waals surface area contributed by atoms with Crippen LogP contribution in [0.15, 0.2) is 113 Å². The molecule has 1 aromatic carbocycles. The van der Waals surface area contributed by atoms with Crippen LogP contribution in [0.25, 0.3) is 0 Å². The van der Waals surface area contributed by atoms with Crippen molar-refractivity contribution in [3.8, 4) is 0 Å². The van der Waals surface area contributed by atoms with E-state index in [1.807, 2.05) is 0 Å². The van der Waals surface area contributed by atoms with Gasteiger partial charge in [0.15, 0.2) is 0 Å². The standard InChI is InChI=1S/C35H47P/c1-27-18-21-32(22-19-27)36(31-15-8-7-9-16-31,34-17-11-10-13-30(34)4)26-24-28(2)20-23-33-29(3)14-12-25-35(33,5)6/h7-11,13,15-18,20-24,27,30,34,36H,12,14,19,25-26H2,1-6H3/b23-20+,28-24+. The molecule has 192 valence electrons. The molecule has 3 atom stereocenters. The van der Waals surface area contributed by atoms with Gasteiger partial charge in [-0.2, -0.15) is 0 Å². The van der Waals surface area contributed by atoms with Crippen molar-refractivity contribution in [3.63, 3.8) is 0 Å². The molecule has 1 heteroatoms. The van der Waals surface area contributed by atoms with Crippen LogP contribution in [0.3, 0.4) is 0 Å². The third-order valence-electron chi connectivity index (χ3n) is 8.90. The average molecular weight is 499 g/mol. The summed E-state index contributed by atoms with van der Waals surface area (Å²) < 4.78 is 0. The molecule has 36 heavy (non-hydrogen) atoms. The molecule has 0 N–H and O–H groups in total. The van der Waals surface area contributed by atoms with Gasteiger partial charge in [0.05, 0.1) is 0 Å². The topological polar surface area (TPSA) is 0 Å². The zero-order chi connectivity index (χ0) is 25.8. The molecule has 0 nitrogen and oxygen atoms in total. The van der Waals surface area contributed by atoms with Crippen molar-refractivity contribution in [2.75, 3.05) is 6.16 Å². The molecule has 0 saturated carbocycles. The molecule has 4 rings (SSSR count). The van der Waals surface area contributed by atoms with Crippen LogP contribution in [0.2, 0.25) is 0 Å². The van der Waals surface area contributed by atoms with Gasteiger partial charge < -0.3 is 0 Å². The van der Waals surface area contributed by atoms with Crippen LogP contribution in [-0.2, 0) is 0 Å². The van der Waals surface area contributed by atoms with Crippen molar-refractivity contribution in [3.05, 3.63) is 113 Å². The van der Waals surface area contributed by atoms with Gasteiger partial charge in [0.1, 0.15) is 0 Å². The third-order valence-corrected chi connectivity index (χ3v) is 14.4. The monoisotopic (exact) mass is 498 g/mol. The second-order valence-electron chi connectivity index (χ2n) is 12.1. The average Bonchev–Trinajstić information content (AvgIpc) is 2.86. The summed E-state index contributed by atoms with van der Waals surface area (Å²) in [4.78, 5) is 0. The van der Waals surface area contributed by atoms with Crippen molar-refractivity contribution in [1.29, 1.82) is 0 Å². The van der Waals surface area contributed by atoms with E-state index in [1.165, 1.54) is 24.8 Å². The van der Waals surface area contributed by atoms with Crippen molar-refractivity contribution < 1.29 is 0 Å². The molecule has 0 aliphatic heterocycles. The van der Waals surface area contributed by atoms with Gasteiger partial charge in [0, 0.05) is 0 Å². The Labute approximate surface area is 221 Å². The fourth-order valence-electron chi connectivity index (χ4n) is 6.66. The fraction of sp³-hybridized carbons (Fsp3) is 0.429. The molecule has 1 aromatic rings. The van der Waals surface area contributed by atoms with Gasteiger partial charge in [-0.3, -0.25) is 0 Å². The Balaban J connectivity index is 1.76. The Morgan fingerprint density at radius 2 is 1.81 bits per heavy atom. The molecule has 0 spiro atoms. The zero-order valence-corrected chi connectivity index (χ0v) is 24.4. The molecular weight excluding hydrogens is 451 g/mol. The molecule has 0 radical (unpaired) electrons. The molecule has 3 aliphatic rings. The molecule has 0 saturated heterocycles. The summed E-state index contributed by atoms with van der Waals surface area (Å²) >= 11 is 0. The van der Waals surface area contributed by atoms with E-state index in [0.29, 0.717) is 17.5 Å². The van der Waals surface area contributed by atoms with E-state index in [1.54, 1.807) is 21.8 Å². The summed E-state index contributed by atoms with van der Waals surface area (Å²) in [5, 5.41) is 3.18. The summed E-state index contributed by atoms with van der Waals surface area (Å²) in [5.41, 5.74) is 5.34. The van der Waals surface area contributed by atoms with Gasteiger partial charge in [-0.25, -0.2) is 0 Å². The molecule has 0 fully saturated rings. The summed E-state index contributed by atoms with van der Waals surface area (Å²) in [5.74, 6) is 1.17. The van der Waals surface area contributed by atoms with Gasteiger partial charge in [-0.05, 0) is 0 Å². The summed E-state index contributed by atoms with van der Waals surface area (Å²) in [6, 6.07) is 11.5. The van der Waals surface area contributed by atoms with Crippen LogP contribution < -0.4 is 5.30 Å². The normalized spacial score (nSPS) is 27.0. The summed E-state index contributed by atoms with van der Waals surface area (Å²) in [6.45, 7) is 14.2. The number of rotatable bonds is 7. The van der Waals surface area contributed by atoms with E-state index in [9.17, 15) is 0 Å². The van der Waals surface area contributed by atoms with Crippen molar-refractivity contribution in [2.24, 2.45) is 17.3 Å². The minimum atomic E-state index is -2.12. The van der Waals surface area contributed by atoms with Crippen LogP contribution in [0.5, 0.6) is 0 Å². The SMILES string of the molecule is CC1=C(/C=C/C(C)=C/C[PH](C2=CCC(C)C=C2)(c2ccccc2)C2C=CC=CC2C)C(C)(C)CCC1. The van der Waals surface area contributed by atoms with Crippen LogP contribution in [0, 0.1) is 17.3 Å². The van der Waals surface area contributed by atoms with Gasteiger partial charge in [-0.1, -0.05) is 0 Å². The predicted molar refractivity (Wildman–Crippen MR) is 165 cm³/mol. The van der Waals surface area contributed by atoms with E-state index in [0.717, 1.165) is 12.6 Å². The number of hydrogen-bond acceptors (Lipinski definition) is 0. The first-order valence-electron chi connectivity index (χ1n) is 14.1. The maximum atomic E-state index is 2.58. The minimum absolute atomic E-state index is 0.282. The van der Waals surface area contributed by atoms with E-state index >= 15 is 0 Å².